The summed E-state index contributed by atoms with van der Waals surface area (Å²) in [4.78, 5) is 12.2. The number of hydrogen-bond donors (Lipinski definition) is 1. The lowest BCUT2D eigenvalue weighted by molar-refractivity contribution is -0.152. The van der Waals surface area contributed by atoms with Crippen LogP contribution in [0.15, 0.2) is 24.3 Å². The molecule has 3 nitrogen and oxygen atoms in total. The molecule has 0 bridgehead atoms. The van der Waals surface area contributed by atoms with E-state index >= 15 is 0 Å². The summed E-state index contributed by atoms with van der Waals surface area (Å²) < 4.78 is 5.36. The Hall–Kier alpha value is -1.06. The van der Waals surface area contributed by atoms with Crippen LogP contribution in [0.25, 0.3) is 0 Å². The molecule has 0 atom stereocenters. The molecule has 1 aliphatic rings. The van der Waals surface area contributed by atoms with Gasteiger partial charge in [-0.3, -0.25) is 4.79 Å². The molecule has 2 N–H and O–H groups in total. The van der Waals surface area contributed by atoms with Gasteiger partial charge in [-0.1, -0.05) is 49.4 Å². The Morgan fingerprint density at radius 1 is 1.26 bits per heavy atom. The molecule has 19 heavy (non-hydrogen) atoms. The van der Waals surface area contributed by atoms with Gasteiger partial charge in [0.1, 0.15) is 12.1 Å². The Kier molecular flexibility index (Phi) is 4.83. The van der Waals surface area contributed by atoms with Crippen molar-refractivity contribution in [3.05, 3.63) is 34.9 Å². The predicted molar refractivity (Wildman–Crippen MR) is 75.9 cm³/mol. The van der Waals surface area contributed by atoms with Gasteiger partial charge in [0.2, 0.25) is 0 Å². The lowest BCUT2D eigenvalue weighted by Crippen LogP contribution is -2.48. The van der Waals surface area contributed by atoms with Crippen LogP contribution in [-0.2, 0) is 16.1 Å². The SMILES string of the molecule is NC1(C(=O)OCc2cccc(Cl)c2)CCCCCC1. The minimum Gasteiger partial charge on any atom is -0.459 e. The van der Waals surface area contributed by atoms with E-state index in [0.717, 1.165) is 44.1 Å². The van der Waals surface area contributed by atoms with Gasteiger partial charge in [-0.25, -0.2) is 0 Å². The molecule has 0 heterocycles. The summed E-state index contributed by atoms with van der Waals surface area (Å²) in [7, 11) is 0. The van der Waals surface area contributed by atoms with Crippen LogP contribution in [0.2, 0.25) is 5.02 Å². The number of ether oxygens (including phenoxy) is 1. The zero-order valence-electron chi connectivity index (χ0n) is 11.0. The summed E-state index contributed by atoms with van der Waals surface area (Å²) in [6.45, 7) is 0.234. The van der Waals surface area contributed by atoms with Crippen LogP contribution < -0.4 is 5.73 Å². The van der Waals surface area contributed by atoms with Crippen LogP contribution in [0.5, 0.6) is 0 Å². The van der Waals surface area contributed by atoms with Crippen molar-refractivity contribution in [3.63, 3.8) is 0 Å². The minimum absolute atomic E-state index is 0.234. The molecular weight excluding hydrogens is 262 g/mol. The van der Waals surface area contributed by atoms with E-state index in [9.17, 15) is 4.79 Å². The highest BCUT2D eigenvalue weighted by atomic mass is 35.5. The van der Waals surface area contributed by atoms with Gasteiger partial charge in [0.25, 0.3) is 0 Å². The van der Waals surface area contributed by atoms with Crippen molar-refractivity contribution in [2.75, 3.05) is 0 Å². The monoisotopic (exact) mass is 281 g/mol. The topological polar surface area (TPSA) is 52.3 Å². The molecule has 0 saturated heterocycles. The second kappa shape index (κ2) is 6.40. The van der Waals surface area contributed by atoms with E-state index in [1.54, 1.807) is 12.1 Å². The Morgan fingerprint density at radius 3 is 2.58 bits per heavy atom. The molecule has 0 spiro atoms. The molecular formula is C15H20ClNO2. The van der Waals surface area contributed by atoms with Crippen LogP contribution in [-0.4, -0.2) is 11.5 Å². The second-order valence-electron chi connectivity index (χ2n) is 5.28. The third-order valence-corrected chi connectivity index (χ3v) is 3.90. The molecule has 104 valence electrons. The van der Waals surface area contributed by atoms with Gasteiger partial charge in [-0.15, -0.1) is 0 Å². The van der Waals surface area contributed by atoms with Gasteiger partial charge >= 0.3 is 5.97 Å². The highest BCUT2D eigenvalue weighted by Gasteiger charge is 2.35. The molecule has 1 aromatic rings. The Labute approximate surface area is 119 Å². The van der Waals surface area contributed by atoms with Gasteiger partial charge in [0.05, 0.1) is 0 Å². The Balaban J connectivity index is 1.93. The molecule has 1 fully saturated rings. The average Bonchev–Trinajstić information content (AvgIpc) is 2.62. The summed E-state index contributed by atoms with van der Waals surface area (Å²) in [5, 5.41) is 0.644. The highest BCUT2D eigenvalue weighted by molar-refractivity contribution is 6.30. The smallest absolute Gasteiger partial charge is 0.326 e. The molecule has 0 amide bonds. The van der Waals surface area contributed by atoms with Crippen LogP contribution in [0.3, 0.4) is 0 Å². The molecule has 4 heteroatoms. The third-order valence-electron chi connectivity index (χ3n) is 3.66. The van der Waals surface area contributed by atoms with E-state index in [2.05, 4.69) is 0 Å². The molecule has 0 aromatic heterocycles. The van der Waals surface area contributed by atoms with E-state index in [-0.39, 0.29) is 12.6 Å². The first-order chi connectivity index (χ1) is 9.10. The standard InChI is InChI=1S/C15H20ClNO2/c16-13-7-5-6-12(10-13)11-19-14(18)15(17)8-3-1-2-4-9-15/h5-7,10H,1-4,8-9,11,17H2. The minimum atomic E-state index is -0.797. The fraction of sp³-hybridized carbons (Fsp3) is 0.533. The van der Waals surface area contributed by atoms with Gasteiger partial charge < -0.3 is 10.5 Å². The fourth-order valence-corrected chi connectivity index (χ4v) is 2.70. The van der Waals surface area contributed by atoms with Gasteiger partial charge in [0.15, 0.2) is 0 Å². The number of hydrogen-bond acceptors (Lipinski definition) is 3. The summed E-state index contributed by atoms with van der Waals surface area (Å²) >= 11 is 5.89. The quantitative estimate of drug-likeness (QED) is 0.682. The van der Waals surface area contributed by atoms with E-state index < -0.39 is 5.54 Å². The zero-order chi connectivity index (χ0) is 13.7. The van der Waals surface area contributed by atoms with Gasteiger partial charge in [-0.2, -0.15) is 0 Å². The lowest BCUT2D eigenvalue weighted by Gasteiger charge is -2.25. The number of nitrogens with two attached hydrogens (primary N) is 1. The second-order valence-corrected chi connectivity index (χ2v) is 5.71. The zero-order valence-corrected chi connectivity index (χ0v) is 11.8. The maximum absolute atomic E-state index is 12.2. The first-order valence-electron chi connectivity index (χ1n) is 6.81. The average molecular weight is 282 g/mol. The van der Waals surface area contributed by atoms with Crippen molar-refractivity contribution < 1.29 is 9.53 Å². The summed E-state index contributed by atoms with van der Waals surface area (Å²) in [5.41, 5.74) is 6.29. The molecule has 1 aliphatic carbocycles. The molecule has 2 rings (SSSR count). The van der Waals surface area contributed by atoms with Crippen molar-refractivity contribution in [1.29, 1.82) is 0 Å². The van der Waals surface area contributed by atoms with Crippen molar-refractivity contribution in [3.8, 4) is 0 Å². The van der Waals surface area contributed by atoms with E-state index in [0.29, 0.717) is 5.02 Å². The lowest BCUT2D eigenvalue weighted by atomic mass is 9.92. The highest BCUT2D eigenvalue weighted by Crippen LogP contribution is 2.26. The number of carbonyl (C=O) groups excluding carboxylic acids is 1. The molecule has 1 aromatic carbocycles. The third kappa shape index (κ3) is 3.95. The maximum Gasteiger partial charge on any atom is 0.326 e. The van der Waals surface area contributed by atoms with Crippen LogP contribution in [0, 0.1) is 0 Å². The molecule has 0 radical (unpaired) electrons. The van der Waals surface area contributed by atoms with Crippen molar-refractivity contribution in [1.82, 2.24) is 0 Å². The number of esters is 1. The summed E-state index contributed by atoms with van der Waals surface area (Å²) in [5.74, 6) is -0.283. The van der Waals surface area contributed by atoms with Crippen molar-refractivity contribution in [2.24, 2.45) is 5.73 Å². The summed E-state index contributed by atoms with van der Waals surface area (Å²) in [6, 6.07) is 7.32. The fourth-order valence-electron chi connectivity index (χ4n) is 2.48. The van der Waals surface area contributed by atoms with Crippen molar-refractivity contribution >= 4 is 17.6 Å². The van der Waals surface area contributed by atoms with E-state index in [1.807, 2.05) is 12.1 Å². The van der Waals surface area contributed by atoms with Crippen LogP contribution in [0.4, 0.5) is 0 Å². The summed E-state index contributed by atoms with van der Waals surface area (Å²) in [6.07, 6.45) is 5.76. The predicted octanol–water partition coefficient (Wildman–Crippen LogP) is 3.43. The largest absolute Gasteiger partial charge is 0.459 e. The van der Waals surface area contributed by atoms with E-state index in [4.69, 9.17) is 22.1 Å². The normalized spacial score (nSPS) is 18.6. The van der Waals surface area contributed by atoms with Crippen molar-refractivity contribution in [2.45, 2.75) is 50.7 Å². The Morgan fingerprint density at radius 2 is 1.95 bits per heavy atom. The van der Waals surface area contributed by atoms with Crippen LogP contribution in [0.1, 0.15) is 44.1 Å². The van der Waals surface area contributed by atoms with E-state index in [1.165, 1.54) is 0 Å². The first-order valence-corrected chi connectivity index (χ1v) is 7.18. The molecule has 0 unspecified atom stereocenters. The maximum atomic E-state index is 12.2. The molecule has 1 saturated carbocycles. The molecule has 0 aliphatic heterocycles. The Bertz CT molecular complexity index is 440. The number of halogens is 1. The van der Waals surface area contributed by atoms with Gasteiger partial charge in [0, 0.05) is 5.02 Å². The van der Waals surface area contributed by atoms with Crippen LogP contribution >= 0.6 is 11.6 Å². The first kappa shape index (κ1) is 14.4. The number of benzene rings is 1. The van der Waals surface area contributed by atoms with Gasteiger partial charge in [-0.05, 0) is 30.5 Å². The number of rotatable bonds is 3. The number of carbonyl (C=O) groups is 1.